The van der Waals surface area contributed by atoms with Gasteiger partial charge in [-0.25, -0.2) is 0 Å². The van der Waals surface area contributed by atoms with Crippen molar-refractivity contribution < 1.29 is 0 Å². The van der Waals surface area contributed by atoms with E-state index in [-0.39, 0.29) is 12.6 Å². The van der Waals surface area contributed by atoms with E-state index in [9.17, 15) is 4.91 Å². The zero-order valence-corrected chi connectivity index (χ0v) is 4.92. The van der Waals surface area contributed by atoms with Gasteiger partial charge in [0.15, 0.2) is 0 Å². The summed E-state index contributed by atoms with van der Waals surface area (Å²) in [5.41, 5.74) is 0. The summed E-state index contributed by atoms with van der Waals surface area (Å²) < 4.78 is 0. The van der Waals surface area contributed by atoms with Gasteiger partial charge in [0.1, 0.15) is 0 Å². The van der Waals surface area contributed by atoms with E-state index in [1.807, 2.05) is 6.92 Å². The van der Waals surface area contributed by atoms with E-state index in [0.29, 0.717) is 6.44 Å². The van der Waals surface area contributed by atoms with Crippen molar-refractivity contribution in [2.45, 2.75) is 13.0 Å². The van der Waals surface area contributed by atoms with E-state index in [2.05, 4.69) is 10.5 Å². The highest BCUT2D eigenvalue weighted by atomic mass is 16.3. The first kappa shape index (κ1) is 7.62. The Bertz CT molecular complexity index is 69.1. The molecule has 0 bridgehead atoms. The Morgan fingerprint density at radius 3 is 2.88 bits per heavy atom. The summed E-state index contributed by atoms with van der Waals surface area (Å²) in [7, 11) is 5.10. The molecule has 4 heteroatoms. The van der Waals surface area contributed by atoms with Gasteiger partial charge in [0, 0.05) is 6.04 Å². The molecule has 0 saturated carbocycles. The van der Waals surface area contributed by atoms with Crippen LogP contribution in [0.15, 0.2) is 5.18 Å². The minimum absolute atomic E-state index is 0.109. The minimum atomic E-state index is 0.109. The highest BCUT2D eigenvalue weighted by molar-refractivity contribution is 6.08. The van der Waals surface area contributed by atoms with Gasteiger partial charge in [0.2, 0.25) is 0 Å². The number of hydrogen-bond donors (Lipinski definition) is 1. The van der Waals surface area contributed by atoms with E-state index in [1.165, 1.54) is 0 Å². The van der Waals surface area contributed by atoms with Crippen molar-refractivity contribution in [3.05, 3.63) is 4.91 Å². The highest BCUT2D eigenvalue weighted by Crippen LogP contribution is 1.78. The Hall–Kier alpha value is -0.375. The first-order valence-corrected chi connectivity index (χ1v) is 2.53. The van der Waals surface area contributed by atoms with Crippen LogP contribution in [0.4, 0.5) is 0 Å². The molecule has 0 rings (SSSR count). The smallest absolute Gasteiger partial charge is 0.0961 e. The number of nitrogens with one attached hydrogen (secondary N) is 1. The van der Waals surface area contributed by atoms with Crippen LogP contribution in [0.2, 0.25) is 0 Å². The molecule has 0 aliphatic rings. The summed E-state index contributed by atoms with van der Waals surface area (Å²) in [4.78, 5) is 9.56. The van der Waals surface area contributed by atoms with Crippen molar-refractivity contribution in [2.24, 2.45) is 5.18 Å². The Morgan fingerprint density at radius 2 is 2.50 bits per heavy atom. The van der Waals surface area contributed by atoms with Gasteiger partial charge in [-0.2, -0.15) is 4.91 Å². The molecule has 1 N–H and O–H groups in total. The maximum absolute atomic E-state index is 9.56. The number of nitrogens with zero attached hydrogens (tertiary/aromatic N) is 1. The number of rotatable bonds is 4. The maximum atomic E-state index is 9.56. The predicted molar refractivity (Wildman–Crippen MR) is 33.9 cm³/mol. The summed E-state index contributed by atoms with van der Waals surface area (Å²) in [6.07, 6.45) is 0.399. The van der Waals surface area contributed by atoms with E-state index < -0.39 is 0 Å². The molecule has 0 aromatic heterocycles. The summed E-state index contributed by atoms with van der Waals surface area (Å²) in [6.45, 7) is 2.14. The third-order valence-electron chi connectivity index (χ3n) is 0.815. The number of nitroso groups, excluding NO2 is 1. The lowest BCUT2D eigenvalue weighted by Gasteiger charge is -2.05. The summed E-state index contributed by atoms with van der Waals surface area (Å²) in [5, 5.41) is 5.52. The molecular formula is C4H9BN2O. The molecule has 0 spiro atoms. The second-order valence-corrected chi connectivity index (χ2v) is 1.62. The molecule has 0 aliphatic carbocycles. The Labute approximate surface area is 50.2 Å². The molecule has 0 aromatic carbocycles. The summed E-state index contributed by atoms with van der Waals surface area (Å²) in [6, 6.07) is 0.109. The molecule has 0 amide bonds. The Kier molecular flexibility index (Phi) is 4.55. The van der Waals surface area contributed by atoms with Crippen molar-refractivity contribution in [3.63, 3.8) is 0 Å². The normalized spacial score (nSPS) is 13.1. The lowest BCUT2D eigenvalue weighted by molar-refractivity contribution is 0.607. The maximum Gasteiger partial charge on any atom is 0.0961 e. The average molecular weight is 112 g/mol. The molecule has 2 radical (unpaired) electrons. The Balaban J connectivity index is 3.03. The summed E-state index contributed by atoms with van der Waals surface area (Å²) in [5.74, 6) is 0. The molecule has 0 saturated heterocycles. The first-order chi connectivity index (χ1) is 3.81. The van der Waals surface area contributed by atoms with Gasteiger partial charge in [0.05, 0.1) is 14.4 Å². The van der Waals surface area contributed by atoms with E-state index in [4.69, 9.17) is 7.85 Å². The van der Waals surface area contributed by atoms with Crippen molar-refractivity contribution >= 4 is 7.85 Å². The highest BCUT2D eigenvalue weighted by Gasteiger charge is 1.95. The lowest BCUT2D eigenvalue weighted by Crippen LogP contribution is -2.29. The molecular weight excluding hydrogens is 103 g/mol. The molecule has 44 valence electrons. The van der Waals surface area contributed by atoms with E-state index in [1.54, 1.807) is 0 Å². The second kappa shape index (κ2) is 4.78. The Morgan fingerprint density at radius 1 is 1.88 bits per heavy atom. The molecule has 0 aliphatic heterocycles. The number of hydrogen-bond acceptors (Lipinski definition) is 3. The van der Waals surface area contributed by atoms with Crippen LogP contribution in [0.3, 0.4) is 0 Å². The first-order valence-electron chi connectivity index (χ1n) is 2.53. The molecule has 3 nitrogen and oxygen atoms in total. The van der Waals surface area contributed by atoms with Gasteiger partial charge in [-0.05, 0) is 13.4 Å². The fraction of sp³-hybridized carbons (Fsp3) is 1.00. The van der Waals surface area contributed by atoms with Crippen molar-refractivity contribution in [1.82, 2.24) is 5.32 Å². The van der Waals surface area contributed by atoms with Crippen LogP contribution in [0, 0.1) is 4.91 Å². The molecule has 0 fully saturated rings. The van der Waals surface area contributed by atoms with Gasteiger partial charge in [-0.1, -0.05) is 5.18 Å². The third kappa shape index (κ3) is 3.80. The van der Waals surface area contributed by atoms with Crippen LogP contribution >= 0.6 is 0 Å². The van der Waals surface area contributed by atoms with Crippen LogP contribution in [0.1, 0.15) is 6.92 Å². The predicted octanol–water partition coefficient (Wildman–Crippen LogP) is -0.143. The van der Waals surface area contributed by atoms with Crippen LogP contribution in [0.5, 0.6) is 0 Å². The minimum Gasteiger partial charge on any atom is -0.321 e. The fourth-order valence-corrected chi connectivity index (χ4v) is 0.378. The van der Waals surface area contributed by atoms with Crippen LogP contribution in [-0.2, 0) is 0 Å². The molecule has 0 aromatic rings. The molecule has 0 heterocycles. The lowest BCUT2D eigenvalue weighted by atomic mass is 10.1. The average Bonchev–Trinajstić information content (AvgIpc) is 1.68. The van der Waals surface area contributed by atoms with E-state index in [0.717, 1.165) is 0 Å². The molecule has 1 unspecified atom stereocenters. The zero-order chi connectivity index (χ0) is 6.41. The summed E-state index contributed by atoms with van der Waals surface area (Å²) >= 11 is 0. The van der Waals surface area contributed by atoms with E-state index >= 15 is 0 Å². The third-order valence-corrected chi connectivity index (χ3v) is 0.815. The topological polar surface area (TPSA) is 41.5 Å². The van der Waals surface area contributed by atoms with Gasteiger partial charge in [-0.3, -0.25) is 0 Å². The van der Waals surface area contributed by atoms with Gasteiger partial charge < -0.3 is 5.32 Å². The largest absolute Gasteiger partial charge is 0.321 e. The molecule has 8 heavy (non-hydrogen) atoms. The molecule has 1 atom stereocenters. The van der Waals surface area contributed by atoms with Gasteiger partial charge in [-0.15, -0.1) is 0 Å². The monoisotopic (exact) mass is 112 g/mol. The van der Waals surface area contributed by atoms with Crippen molar-refractivity contribution in [3.8, 4) is 0 Å². The second-order valence-electron chi connectivity index (χ2n) is 1.62. The zero-order valence-electron chi connectivity index (χ0n) is 4.92. The van der Waals surface area contributed by atoms with Gasteiger partial charge >= 0.3 is 0 Å². The quantitative estimate of drug-likeness (QED) is 0.406. The van der Waals surface area contributed by atoms with Crippen molar-refractivity contribution in [1.29, 1.82) is 0 Å². The van der Waals surface area contributed by atoms with Crippen molar-refractivity contribution in [2.75, 3.05) is 13.0 Å². The SMILES string of the molecule is [B]CNC(C)CN=O. The van der Waals surface area contributed by atoms with Crippen LogP contribution < -0.4 is 5.32 Å². The van der Waals surface area contributed by atoms with Crippen LogP contribution in [-0.4, -0.2) is 26.9 Å². The fourth-order valence-electron chi connectivity index (χ4n) is 0.378. The van der Waals surface area contributed by atoms with Crippen LogP contribution in [0.25, 0.3) is 0 Å². The standard InChI is InChI=1S/C4H9BN2O/c1-4(2-7-8)6-3-5/h4,6H,2-3H2,1H3. The van der Waals surface area contributed by atoms with Gasteiger partial charge in [0.25, 0.3) is 0 Å².